The van der Waals surface area contributed by atoms with E-state index in [1.54, 1.807) is 6.07 Å². The van der Waals surface area contributed by atoms with E-state index in [4.69, 9.17) is 33.7 Å². The highest BCUT2D eigenvalue weighted by Crippen LogP contribution is 2.31. The molecule has 1 unspecified atom stereocenters. The van der Waals surface area contributed by atoms with E-state index < -0.39 is 5.60 Å². The van der Waals surface area contributed by atoms with Crippen LogP contribution in [0.4, 0.5) is 5.69 Å². The van der Waals surface area contributed by atoms with Crippen molar-refractivity contribution in [1.82, 2.24) is 0 Å². The molecule has 0 aliphatic rings. The number of hydrogen-bond acceptors (Lipinski definition) is 3. The summed E-state index contributed by atoms with van der Waals surface area (Å²) >= 11 is 11.7. The van der Waals surface area contributed by atoms with Gasteiger partial charge in [-0.2, -0.15) is 0 Å². The largest absolute Gasteiger partial charge is 0.460 e. The van der Waals surface area contributed by atoms with Crippen LogP contribution < -0.4 is 5.73 Å². The monoisotopic (exact) mass is 345 g/mol. The van der Waals surface area contributed by atoms with Gasteiger partial charge in [0.05, 0.1) is 17.1 Å². The van der Waals surface area contributed by atoms with Crippen LogP contribution in [0.25, 0.3) is 0 Å². The molecule has 0 bridgehead atoms. The third-order valence-corrected chi connectivity index (χ3v) is 3.87. The van der Waals surface area contributed by atoms with Crippen LogP contribution in [0.2, 0.25) is 5.02 Å². The van der Waals surface area contributed by atoms with Crippen LogP contribution in [0, 0.1) is 0 Å². The number of carbonyl (C=O) groups is 1. The number of carbonyl (C=O) groups excluding carboxylic acids is 1. The normalized spacial score (nSPS) is 13.0. The molecule has 0 saturated heterocycles. The summed E-state index contributed by atoms with van der Waals surface area (Å²) in [5, 5.41) is 0.528. The van der Waals surface area contributed by atoms with Crippen LogP contribution in [-0.4, -0.2) is 17.5 Å². The van der Waals surface area contributed by atoms with Gasteiger partial charge in [-0.3, -0.25) is 4.79 Å². The Bertz CT molecular complexity index is 498. The Morgan fingerprint density at radius 2 is 2.00 bits per heavy atom. The minimum absolute atomic E-state index is 0.0673. The third kappa shape index (κ3) is 6.89. The van der Waals surface area contributed by atoms with Gasteiger partial charge in [-0.25, -0.2) is 0 Å². The van der Waals surface area contributed by atoms with Crippen molar-refractivity contribution in [1.29, 1.82) is 0 Å². The molecule has 0 radical (unpaired) electrons. The van der Waals surface area contributed by atoms with Crippen molar-refractivity contribution in [2.75, 3.05) is 11.6 Å². The third-order valence-electron chi connectivity index (χ3n) is 3.26. The summed E-state index contributed by atoms with van der Waals surface area (Å²) in [4.78, 5) is 12.1. The van der Waals surface area contributed by atoms with Gasteiger partial charge >= 0.3 is 5.97 Å². The second-order valence-electron chi connectivity index (χ2n) is 6.45. The predicted octanol–water partition coefficient (Wildman–Crippen LogP) is 5.15. The molecule has 0 saturated carbocycles. The maximum absolute atomic E-state index is 12.1. The van der Waals surface area contributed by atoms with Crippen molar-refractivity contribution in [3.8, 4) is 0 Å². The van der Waals surface area contributed by atoms with E-state index in [1.807, 2.05) is 32.9 Å². The Labute approximate surface area is 143 Å². The number of halogens is 2. The fourth-order valence-corrected chi connectivity index (χ4v) is 2.58. The molecule has 0 amide bonds. The zero-order valence-electron chi connectivity index (χ0n) is 13.5. The highest BCUT2D eigenvalue weighted by molar-refractivity contribution is 6.33. The van der Waals surface area contributed by atoms with Gasteiger partial charge in [0.15, 0.2) is 0 Å². The van der Waals surface area contributed by atoms with E-state index in [2.05, 4.69) is 0 Å². The van der Waals surface area contributed by atoms with E-state index in [0.29, 0.717) is 23.0 Å². The van der Waals surface area contributed by atoms with Gasteiger partial charge in [-0.15, -0.1) is 11.6 Å². The van der Waals surface area contributed by atoms with Crippen molar-refractivity contribution >= 4 is 34.9 Å². The minimum atomic E-state index is -0.475. The Kier molecular flexibility index (Phi) is 7.51. The summed E-state index contributed by atoms with van der Waals surface area (Å²) in [5.41, 5.74) is 6.95. The van der Waals surface area contributed by atoms with Crippen molar-refractivity contribution in [3.05, 3.63) is 28.8 Å². The number of ether oxygens (including phenoxy) is 1. The van der Waals surface area contributed by atoms with Crippen LogP contribution >= 0.6 is 23.2 Å². The van der Waals surface area contributed by atoms with Crippen molar-refractivity contribution in [3.63, 3.8) is 0 Å². The zero-order chi connectivity index (χ0) is 16.8. The van der Waals surface area contributed by atoms with Gasteiger partial charge in [-0.05, 0) is 57.2 Å². The van der Waals surface area contributed by atoms with Crippen LogP contribution in [0.15, 0.2) is 18.2 Å². The van der Waals surface area contributed by atoms with Gasteiger partial charge in [0, 0.05) is 5.88 Å². The number of nitrogens with two attached hydrogens (primary N) is 1. The van der Waals surface area contributed by atoms with Crippen LogP contribution in [0.1, 0.15) is 57.9 Å². The first kappa shape index (κ1) is 19.1. The number of esters is 1. The molecule has 0 aliphatic carbocycles. The Morgan fingerprint density at radius 1 is 1.32 bits per heavy atom. The molecular weight excluding hydrogens is 321 g/mol. The molecule has 5 heteroatoms. The SMILES string of the molecule is CC(C)(C)OC(=O)CC(CCCCCl)c1ccc(Cl)c(N)c1. The minimum Gasteiger partial charge on any atom is -0.460 e. The van der Waals surface area contributed by atoms with Gasteiger partial charge in [-0.1, -0.05) is 24.1 Å². The molecule has 3 nitrogen and oxygen atoms in total. The lowest BCUT2D eigenvalue weighted by Gasteiger charge is -2.23. The predicted molar refractivity (Wildman–Crippen MR) is 93.6 cm³/mol. The van der Waals surface area contributed by atoms with Gasteiger partial charge < -0.3 is 10.5 Å². The molecule has 0 spiro atoms. The second-order valence-corrected chi connectivity index (χ2v) is 7.24. The van der Waals surface area contributed by atoms with Crippen LogP contribution in [0.3, 0.4) is 0 Å². The molecule has 1 aromatic carbocycles. The first-order valence-corrected chi connectivity index (χ1v) is 8.47. The number of anilines is 1. The first-order chi connectivity index (χ1) is 10.2. The van der Waals surface area contributed by atoms with Crippen LogP contribution in [0.5, 0.6) is 0 Å². The van der Waals surface area contributed by atoms with Gasteiger partial charge in [0.25, 0.3) is 0 Å². The number of nitrogen functional groups attached to an aromatic ring is 1. The highest BCUT2D eigenvalue weighted by atomic mass is 35.5. The van der Waals surface area contributed by atoms with E-state index in [-0.39, 0.29) is 11.9 Å². The first-order valence-electron chi connectivity index (χ1n) is 7.55. The number of hydrogen-bond donors (Lipinski definition) is 1. The zero-order valence-corrected chi connectivity index (χ0v) is 15.0. The number of rotatable bonds is 7. The molecule has 0 aromatic heterocycles. The molecule has 1 rings (SSSR count). The molecule has 0 aliphatic heterocycles. The summed E-state index contributed by atoms with van der Waals surface area (Å²) < 4.78 is 5.43. The average molecular weight is 346 g/mol. The number of benzene rings is 1. The highest BCUT2D eigenvalue weighted by Gasteiger charge is 2.22. The lowest BCUT2D eigenvalue weighted by atomic mass is 9.90. The summed E-state index contributed by atoms with van der Waals surface area (Å²) in [6.07, 6.45) is 3.09. The number of unbranched alkanes of at least 4 members (excludes halogenated alkanes) is 1. The van der Waals surface area contributed by atoms with Gasteiger partial charge in [0.1, 0.15) is 5.60 Å². The molecule has 22 heavy (non-hydrogen) atoms. The fraction of sp³-hybridized carbons (Fsp3) is 0.588. The van der Waals surface area contributed by atoms with E-state index in [1.165, 1.54) is 0 Å². The van der Waals surface area contributed by atoms with E-state index in [0.717, 1.165) is 24.8 Å². The Hall–Kier alpha value is -0.930. The molecule has 2 N–H and O–H groups in total. The van der Waals surface area contributed by atoms with Crippen molar-refractivity contribution in [2.45, 2.75) is 58.0 Å². The average Bonchev–Trinajstić information content (AvgIpc) is 2.39. The molecule has 0 heterocycles. The standard InChI is InChI=1S/C17H25Cl2NO2/c1-17(2,3)22-16(21)11-12(6-4-5-9-18)13-7-8-14(19)15(20)10-13/h7-8,10,12H,4-6,9,11,20H2,1-3H3. The van der Waals surface area contributed by atoms with E-state index >= 15 is 0 Å². The summed E-state index contributed by atoms with van der Waals surface area (Å²) in [5.74, 6) is 0.497. The van der Waals surface area contributed by atoms with Crippen molar-refractivity contribution in [2.24, 2.45) is 0 Å². The van der Waals surface area contributed by atoms with E-state index in [9.17, 15) is 4.79 Å². The molecular formula is C17H25Cl2NO2. The fourth-order valence-electron chi connectivity index (χ4n) is 2.27. The summed E-state index contributed by atoms with van der Waals surface area (Å²) in [7, 11) is 0. The molecule has 124 valence electrons. The Morgan fingerprint density at radius 3 is 2.55 bits per heavy atom. The van der Waals surface area contributed by atoms with Crippen molar-refractivity contribution < 1.29 is 9.53 Å². The van der Waals surface area contributed by atoms with Crippen LogP contribution in [-0.2, 0) is 9.53 Å². The lowest BCUT2D eigenvalue weighted by Crippen LogP contribution is -2.25. The maximum atomic E-state index is 12.1. The van der Waals surface area contributed by atoms with Gasteiger partial charge in [0.2, 0.25) is 0 Å². The summed E-state index contributed by atoms with van der Waals surface area (Å²) in [6.45, 7) is 5.61. The number of alkyl halides is 1. The Balaban J connectivity index is 2.82. The quantitative estimate of drug-likeness (QED) is 0.322. The summed E-state index contributed by atoms with van der Waals surface area (Å²) in [6, 6.07) is 5.54. The smallest absolute Gasteiger partial charge is 0.306 e. The second kappa shape index (κ2) is 8.64. The molecule has 1 aromatic rings. The topological polar surface area (TPSA) is 52.3 Å². The molecule has 1 atom stereocenters. The maximum Gasteiger partial charge on any atom is 0.306 e. The lowest BCUT2D eigenvalue weighted by molar-refractivity contribution is -0.155. The molecule has 0 fully saturated rings.